The first kappa shape index (κ1) is 8.21. The number of carbonyl (C=O) groups is 1. The topological polar surface area (TPSA) is 17.1 Å². The van der Waals surface area contributed by atoms with E-state index in [4.69, 9.17) is 0 Å². The molecule has 1 nitrogen and oxygen atoms in total. The molecule has 1 aromatic heterocycles. The van der Waals surface area contributed by atoms with E-state index < -0.39 is 0 Å². The Morgan fingerprint density at radius 1 is 1.82 bits per heavy atom. The maximum absolute atomic E-state index is 10.9. The highest BCUT2D eigenvalue weighted by Crippen LogP contribution is 2.14. The number of aryl methyl sites for hydroxylation is 1. The molecule has 0 N–H and O–H groups in total. The van der Waals surface area contributed by atoms with Crippen LogP contribution in [0.15, 0.2) is 24.1 Å². The molecule has 11 heavy (non-hydrogen) atoms. The molecule has 0 aliphatic heterocycles. The van der Waals surface area contributed by atoms with Crippen LogP contribution in [0.5, 0.6) is 0 Å². The molecule has 0 spiro atoms. The van der Waals surface area contributed by atoms with Crippen molar-refractivity contribution in [2.75, 3.05) is 0 Å². The van der Waals surface area contributed by atoms with Gasteiger partial charge >= 0.3 is 0 Å². The van der Waals surface area contributed by atoms with Gasteiger partial charge in [-0.2, -0.15) is 0 Å². The lowest BCUT2D eigenvalue weighted by molar-refractivity contribution is -0.113. The number of hydrogen-bond acceptors (Lipinski definition) is 2. The molecule has 58 valence electrons. The summed E-state index contributed by atoms with van der Waals surface area (Å²) < 4.78 is 0. The zero-order valence-electron chi connectivity index (χ0n) is 6.46. The summed E-state index contributed by atoms with van der Waals surface area (Å²) in [4.78, 5) is 12.0. The molecular weight excluding hydrogens is 156 g/mol. The first-order valence-electron chi connectivity index (χ1n) is 3.41. The minimum absolute atomic E-state index is 0.0897. The Hall–Kier alpha value is -0.890. The van der Waals surface area contributed by atoms with E-state index >= 15 is 0 Å². The number of ketones is 1. The van der Waals surface area contributed by atoms with Crippen LogP contribution in [-0.2, 0) is 11.2 Å². The summed E-state index contributed by atoms with van der Waals surface area (Å²) in [5.74, 6) is 0.0897. The first-order chi connectivity index (χ1) is 5.22. The Labute approximate surface area is 70.4 Å². The molecule has 0 unspecified atom stereocenters. The van der Waals surface area contributed by atoms with E-state index in [1.807, 2.05) is 18.4 Å². The van der Waals surface area contributed by atoms with Gasteiger partial charge in [0, 0.05) is 11.3 Å². The van der Waals surface area contributed by atoms with Crippen molar-refractivity contribution in [3.8, 4) is 0 Å². The van der Waals surface area contributed by atoms with E-state index in [9.17, 15) is 4.79 Å². The van der Waals surface area contributed by atoms with Crippen LogP contribution >= 0.6 is 11.3 Å². The van der Waals surface area contributed by atoms with Gasteiger partial charge < -0.3 is 0 Å². The zero-order chi connectivity index (χ0) is 8.27. The molecule has 0 aromatic carbocycles. The Kier molecular flexibility index (Phi) is 2.60. The van der Waals surface area contributed by atoms with Gasteiger partial charge in [-0.15, -0.1) is 11.3 Å². The Morgan fingerprint density at radius 2 is 2.55 bits per heavy atom. The van der Waals surface area contributed by atoms with Gasteiger partial charge in [0.15, 0.2) is 5.78 Å². The summed E-state index contributed by atoms with van der Waals surface area (Å²) in [6.45, 7) is 5.44. The number of rotatable bonds is 3. The maximum Gasteiger partial charge on any atom is 0.160 e. The molecule has 0 aliphatic rings. The molecule has 0 bridgehead atoms. The second-order valence-electron chi connectivity index (χ2n) is 2.44. The van der Waals surface area contributed by atoms with E-state index in [0.29, 0.717) is 6.42 Å². The van der Waals surface area contributed by atoms with Crippen molar-refractivity contribution in [2.24, 2.45) is 0 Å². The van der Waals surface area contributed by atoms with Crippen molar-refractivity contribution < 1.29 is 4.79 Å². The predicted molar refractivity (Wildman–Crippen MR) is 48.0 cm³/mol. The molecule has 1 heterocycles. The van der Waals surface area contributed by atoms with Crippen LogP contribution in [0.4, 0.5) is 0 Å². The molecule has 1 aromatic rings. The zero-order valence-corrected chi connectivity index (χ0v) is 7.28. The molecular formula is C9H10OS. The molecule has 0 saturated heterocycles. The summed E-state index contributed by atoms with van der Waals surface area (Å²) in [5.41, 5.74) is 1.22. The number of allylic oxidation sites excluding steroid dienone is 1. The summed E-state index contributed by atoms with van der Waals surface area (Å²) in [5, 5.41) is 2.05. The van der Waals surface area contributed by atoms with Gasteiger partial charge in [0.1, 0.15) is 0 Å². The van der Waals surface area contributed by atoms with Crippen LogP contribution in [0, 0.1) is 6.92 Å². The van der Waals surface area contributed by atoms with Gasteiger partial charge in [0.25, 0.3) is 0 Å². The van der Waals surface area contributed by atoms with E-state index in [0.717, 1.165) is 4.88 Å². The Morgan fingerprint density at radius 3 is 3.00 bits per heavy atom. The van der Waals surface area contributed by atoms with Crippen LogP contribution in [0.1, 0.15) is 10.4 Å². The summed E-state index contributed by atoms with van der Waals surface area (Å²) in [7, 11) is 0. The molecule has 0 radical (unpaired) electrons. The quantitative estimate of drug-likeness (QED) is 0.630. The third-order valence-electron chi connectivity index (χ3n) is 1.36. The van der Waals surface area contributed by atoms with Crippen LogP contribution in [0.25, 0.3) is 0 Å². The molecule has 0 aliphatic carbocycles. The average molecular weight is 166 g/mol. The fourth-order valence-electron chi connectivity index (χ4n) is 0.827. The highest BCUT2D eigenvalue weighted by atomic mass is 32.1. The van der Waals surface area contributed by atoms with Crippen molar-refractivity contribution >= 4 is 17.1 Å². The van der Waals surface area contributed by atoms with Crippen molar-refractivity contribution in [3.05, 3.63) is 34.5 Å². The van der Waals surface area contributed by atoms with Crippen LogP contribution < -0.4 is 0 Å². The highest BCUT2D eigenvalue weighted by Gasteiger charge is 2.00. The smallest absolute Gasteiger partial charge is 0.160 e. The number of thiophene rings is 1. The Bertz CT molecular complexity index is 273. The minimum Gasteiger partial charge on any atom is -0.294 e. The lowest BCUT2D eigenvalue weighted by atomic mass is 10.2. The van der Waals surface area contributed by atoms with Crippen molar-refractivity contribution in [2.45, 2.75) is 13.3 Å². The lowest BCUT2D eigenvalue weighted by Gasteiger charge is -1.88. The number of hydrogen-bond donors (Lipinski definition) is 0. The summed E-state index contributed by atoms with van der Waals surface area (Å²) in [6, 6.07) is 2.03. The van der Waals surface area contributed by atoms with Crippen molar-refractivity contribution in [3.63, 3.8) is 0 Å². The summed E-state index contributed by atoms with van der Waals surface area (Å²) >= 11 is 1.62. The van der Waals surface area contributed by atoms with Crippen LogP contribution in [-0.4, -0.2) is 5.78 Å². The van der Waals surface area contributed by atoms with Gasteiger partial charge in [-0.1, -0.05) is 6.58 Å². The normalized spacial score (nSPS) is 9.55. The van der Waals surface area contributed by atoms with Gasteiger partial charge in [0.2, 0.25) is 0 Å². The molecule has 1 rings (SSSR count). The first-order valence-corrected chi connectivity index (χ1v) is 4.29. The third-order valence-corrected chi connectivity index (χ3v) is 2.42. The molecule has 2 heteroatoms. The highest BCUT2D eigenvalue weighted by molar-refractivity contribution is 7.10. The Balaban J connectivity index is 2.64. The van der Waals surface area contributed by atoms with Crippen molar-refractivity contribution in [1.29, 1.82) is 0 Å². The van der Waals surface area contributed by atoms with Crippen LogP contribution in [0.2, 0.25) is 0 Å². The summed E-state index contributed by atoms with van der Waals surface area (Å²) in [6.07, 6.45) is 1.87. The van der Waals surface area contributed by atoms with Crippen LogP contribution in [0.3, 0.4) is 0 Å². The largest absolute Gasteiger partial charge is 0.294 e. The molecule has 0 amide bonds. The fraction of sp³-hybridized carbons (Fsp3) is 0.222. The standard InChI is InChI=1S/C9H10OS/c1-3-8(10)5-9-4-7(2)6-11-9/h3-4,6H,1,5H2,2H3. The van der Waals surface area contributed by atoms with Gasteiger partial charge in [-0.3, -0.25) is 4.79 Å². The second-order valence-corrected chi connectivity index (χ2v) is 3.43. The van der Waals surface area contributed by atoms with Gasteiger partial charge in [-0.25, -0.2) is 0 Å². The molecule has 0 saturated carbocycles. The minimum atomic E-state index is 0.0897. The fourth-order valence-corrected chi connectivity index (χ4v) is 1.71. The second kappa shape index (κ2) is 3.49. The average Bonchev–Trinajstić information content (AvgIpc) is 2.35. The SMILES string of the molecule is C=CC(=O)Cc1cc(C)cs1. The van der Waals surface area contributed by atoms with Crippen molar-refractivity contribution in [1.82, 2.24) is 0 Å². The van der Waals surface area contributed by atoms with Gasteiger partial charge in [-0.05, 0) is 30.0 Å². The molecule has 0 fully saturated rings. The lowest BCUT2D eigenvalue weighted by Crippen LogP contribution is -1.94. The van der Waals surface area contributed by atoms with E-state index in [1.54, 1.807) is 11.3 Å². The predicted octanol–water partition coefficient (Wildman–Crippen LogP) is 2.35. The van der Waals surface area contributed by atoms with E-state index in [1.165, 1.54) is 11.6 Å². The molecule has 0 atom stereocenters. The van der Waals surface area contributed by atoms with E-state index in [-0.39, 0.29) is 5.78 Å². The number of carbonyl (C=O) groups excluding carboxylic acids is 1. The maximum atomic E-state index is 10.9. The third kappa shape index (κ3) is 2.31. The van der Waals surface area contributed by atoms with Gasteiger partial charge in [0.05, 0.1) is 0 Å². The monoisotopic (exact) mass is 166 g/mol. The van der Waals surface area contributed by atoms with E-state index in [2.05, 4.69) is 6.58 Å².